The summed E-state index contributed by atoms with van der Waals surface area (Å²) in [5, 5.41) is 11.3. The van der Waals surface area contributed by atoms with Gasteiger partial charge >= 0.3 is 5.97 Å². The molecule has 3 rings (SSSR count). The van der Waals surface area contributed by atoms with Crippen molar-refractivity contribution in [2.24, 2.45) is 0 Å². The highest BCUT2D eigenvalue weighted by atomic mass is 16.5. The molecule has 154 valence electrons. The number of hydrogen-bond acceptors (Lipinski definition) is 6. The summed E-state index contributed by atoms with van der Waals surface area (Å²) in [6.07, 6.45) is 4.84. The Hall–Kier alpha value is -3.61. The second-order valence-corrected chi connectivity index (χ2v) is 6.88. The van der Waals surface area contributed by atoms with E-state index >= 15 is 0 Å². The number of tetrazole rings is 1. The van der Waals surface area contributed by atoms with Crippen LogP contribution in [0.5, 0.6) is 0 Å². The Balaban J connectivity index is 1.71. The number of nitrogens with zero attached hydrogens (tertiary/aromatic N) is 4. The second kappa shape index (κ2) is 10.2. The van der Waals surface area contributed by atoms with E-state index in [-0.39, 0.29) is 18.1 Å². The highest BCUT2D eigenvalue weighted by molar-refractivity contribution is 6.16. The summed E-state index contributed by atoms with van der Waals surface area (Å²) in [7, 11) is 0. The maximum atomic E-state index is 12.7. The van der Waals surface area contributed by atoms with Gasteiger partial charge in [-0.25, -0.2) is 4.79 Å². The predicted molar refractivity (Wildman–Crippen MR) is 114 cm³/mol. The van der Waals surface area contributed by atoms with Gasteiger partial charge in [-0.05, 0) is 47.4 Å². The van der Waals surface area contributed by atoms with E-state index in [1.165, 1.54) is 10.2 Å². The second-order valence-electron chi connectivity index (χ2n) is 6.88. The minimum Gasteiger partial charge on any atom is -0.453 e. The van der Waals surface area contributed by atoms with E-state index in [2.05, 4.69) is 22.4 Å². The van der Waals surface area contributed by atoms with Gasteiger partial charge in [-0.3, -0.25) is 4.79 Å². The number of carbonyl (C=O) groups is 2. The number of rotatable bonds is 9. The van der Waals surface area contributed by atoms with Crippen LogP contribution in [0.4, 0.5) is 0 Å². The Morgan fingerprint density at radius 3 is 2.43 bits per heavy atom. The third-order valence-corrected chi connectivity index (χ3v) is 4.59. The molecule has 0 radical (unpaired) electrons. The first-order valence-electron chi connectivity index (χ1n) is 9.90. The normalized spacial score (nSPS) is 11.3. The topological polar surface area (TPSA) is 87.0 Å². The summed E-state index contributed by atoms with van der Waals surface area (Å²) >= 11 is 0. The third kappa shape index (κ3) is 5.47. The van der Waals surface area contributed by atoms with Gasteiger partial charge in [-0.1, -0.05) is 67.9 Å². The molecule has 7 nitrogen and oxygen atoms in total. The molecule has 1 aromatic heterocycles. The van der Waals surface area contributed by atoms with Crippen LogP contribution in [-0.4, -0.2) is 38.6 Å². The van der Waals surface area contributed by atoms with Crippen molar-refractivity contribution in [2.45, 2.75) is 33.1 Å². The van der Waals surface area contributed by atoms with Crippen LogP contribution in [0.15, 0.2) is 54.6 Å². The standard InChI is InChI=1S/C23H24N4O3/c1-3-4-8-18-11-13-20(14-12-18)22(28)16-30-23(29)21(27-17(2)24-25-26-27)15-19-9-6-5-7-10-19/h5-7,9-15H,3-4,8,16H2,1-2H3/b21-15-. The van der Waals surface area contributed by atoms with Crippen molar-refractivity contribution in [1.29, 1.82) is 0 Å². The van der Waals surface area contributed by atoms with E-state index in [4.69, 9.17) is 4.74 Å². The first kappa shape index (κ1) is 21.1. The summed E-state index contributed by atoms with van der Waals surface area (Å²) in [6, 6.07) is 16.7. The first-order valence-corrected chi connectivity index (χ1v) is 9.90. The largest absolute Gasteiger partial charge is 0.453 e. The number of ether oxygens (including phenoxy) is 1. The summed E-state index contributed by atoms with van der Waals surface area (Å²) in [4.78, 5) is 25.2. The van der Waals surface area contributed by atoms with Crippen LogP contribution >= 0.6 is 0 Å². The van der Waals surface area contributed by atoms with Crippen molar-refractivity contribution >= 4 is 23.5 Å². The van der Waals surface area contributed by atoms with Crippen molar-refractivity contribution in [3.05, 3.63) is 77.1 Å². The van der Waals surface area contributed by atoms with E-state index in [9.17, 15) is 9.59 Å². The molecule has 0 aliphatic rings. The van der Waals surface area contributed by atoms with E-state index in [0.717, 1.165) is 24.8 Å². The Bertz CT molecular complexity index is 1020. The Morgan fingerprint density at radius 1 is 1.07 bits per heavy atom. The maximum Gasteiger partial charge on any atom is 0.357 e. The number of ketones is 1. The molecule has 2 aromatic carbocycles. The van der Waals surface area contributed by atoms with E-state index in [1.54, 1.807) is 25.1 Å². The van der Waals surface area contributed by atoms with Crippen LogP contribution in [0.25, 0.3) is 11.8 Å². The van der Waals surface area contributed by atoms with E-state index in [1.807, 2.05) is 42.5 Å². The minimum absolute atomic E-state index is 0.131. The third-order valence-electron chi connectivity index (χ3n) is 4.59. The zero-order valence-corrected chi connectivity index (χ0v) is 17.1. The van der Waals surface area contributed by atoms with Gasteiger partial charge in [-0.2, -0.15) is 4.68 Å². The fraction of sp³-hybridized carbons (Fsp3) is 0.261. The zero-order valence-electron chi connectivity index (χ0n) is 17.1. The number of esters is 1. The van der Waals surface area contributed by atoms with Crippen LogP contribution in [0, 0.1) is 6.92 Å². The number of Topliss-reactive ketones (excluding diaryl/α,β-unsaturated/α-hetero) is 1. The Morgan fingerprint density at radius 2 is 1.80 bits per heavy atom. The molecular weight excluding hydrogens is 380 g/mol. The van der Waals surface area contributed by atoms with Crippen LogP contribution < -0.4 is 0 Å². The molecule has 0 aliphatic heterocycles. The minimum atomic E-state index is -0.679. The molecule has 0 spiro atoms. The van der Waals surface area contributed by atoms with Gasteiger partial charge in [0.2, 0.25) is 0 Å². The average Bonchev–Trinajstić information content (AvgIpc) is 3.20. The lowest BCUT2D eigenvalue weighted by atomic mass is 10.0. The number of unbranched alkanes of at least 4 members (excludes halogenated alkanes) is 1. The summed E-state index contributed by atoms with van der Waals surface area (Å²) in [6.45, 7) is 3.46. The molecule has 0 atom stereocenters. The van der Waals surface area contributed by atoms with Gasteiger partial charge in [-0.15, -0.1) is 5.10 Å². The van der Waals surface area contributed by atoms with Crippen molar-refractivity contribution in [1.82, 2.24) is 20.2 Å². The predicted octanol–water partition coefficient (Wildman–Crippen LogP) is 3.75. The van der Waals surface area contributed by atoms with Crippen molar-refractivity contribution in [3.63, 3.8) is 0 Å². The Kier molecular flexibility index (Phi) is 7.21. The summed E-state index contributed by atoms with van der Waals surface area (Å²) < 4.78 is 6.59. The van der Waals surface area contributed by atoms with Crippen LogP contribution in [-0.2, 0) is 16.0 Å². The molecule has 0 aliphatic carbocycles. The van der Waals surface area contributed by atoms with E-state index < -0.39 is 5.97 Å². The van der Waals surface area contributed by atoms with Gasteiger partial charge in [0.15, 0.2) is 23.9 Å². The fourth-order valence-electron chi connectivity index (χ4n) is 2.89. The monoisotopic (exact) mass is 404 g/mol. The molecule has 0 saturated carbocycles. The number of aromatic nitrogens is 4. The fourth-order valence-corrected chi connectivity index (χ4v) is 2.89. The lowest BCUT2D eigenvalue weighted by Gasteiger charge is -2.09. The van der Waals surface area contributed by atoms with E-state index in [0.29, 0.717) is 11.4 Å². The van der Waals surface area contributed by atoms with Gasteiger partial charge in [0, 0.05) is 5.56 Å². The van der Waals surface area contributed by atoms with Gasteiger partial charge in [0.1, 0.15) is 0 Å². The average molecular weight is 404 g/mol. The van der Waals surface area contributed by atoms with Crippen LogP contribution in [0.2, 0.25) is 0 Å². The molecule has 0 bridgehead atoms. The zero-order chi connectivity index (χ0) is 21.3. The molecule has 0 N–H and O–H groups in total. The van der Waals surface area contributed by atoms with Crippen molar-refractivity contribution < 1.29 is 14.3 Å². The van der Waals surface area contributed by atoms with Gasteiger partial charge in [0.05, 0.1) is 0 Å². The number of benzene rings is 2. The number of carbonyl (C=O) groups excluding carboxylic acids is 2. The van der Waals surface area contributed by atoms with Crippen LogP contribution in [0.1, 0.15) is 47.1 Å². The lowest BCUT2D eigenvalue weighted by Crippen LogP contribution is -2.19. The Labute approximate surface area is 175 Å². The molecule has 0 fully saturated rings. The number of aryl methyl sites for hydroxylation is 2. The molecule has 0 saturated heterocycles. The highest BCUT2D eigenvalue weighted by Crippen LogP contribution is 2.14. The molecular formula is C23H24N4O3. The molecule has 0 amide bonds. The SMILES string of the molecule is CCCCc1ccc(C(=O)COC(=O)/C(=C/c2ccccc2)n2nnnc2C)cc1. The molecule has 3 aromatic rings. The quantitative estimate of drug-likeness (QED) is 0.307. The van der Waals surface area contributed by atoms with Crippen LogP contribution in [0.3, 0.4) is 0 Å². The maximum absolute atomic E-state index is 12.7. The summed E-state index contributed by atoms with van der Waals surface area (Å²) in [5.41, 5.74) is 2.61. The van der Waals surface area contributed by atoms with Crippen molar-refractivity contribution in [2.75, 3.05) is 6.61 Å². The molecule has 0 unspecified atom stereocenters. The highest BCUT2D eigenvalue weighted by Gasteiger charge is 2.19. The molecule has 30 heavy (non-hydrogen) atoms. The first-order chi connectivity index (χ1) is 14.6. The molecule has 7 heteroatoms. The smallest absolute Gasteiger partial charge is 0.357 e. The molecule has 1 heterocycles. The number of hydrogen-bond donors (Lipinski definition) is 0. The lowest BCUT2D eigenvalue weighted by molar-refractivity contribution is -0.136. The van der Waals surface area contributed by atoms with Gasteiger partial charge < -0.3 is 4.74 Å². The van der Waals surface area contributed by atoms with Crippen molar-refractivity contribution in [3.8, 4) is 0 Å². The van der Waals surface area contributed by atoms with Gasteiger partial charge in [0.25, 0.3) is 0 Å². The summed E-state index contributed by atoms with van der Waals surface area (Å²) in [5.74, 6) is -0.511.